The number of carbonyl (C=O) groups is 2. The van der Waals surface area contributed by atoms with Crippen molar-refractivity contribution in [2.45, 2.75) is 38.9 Å². The molecule has 3 N–H and O–H groups in total. The monoisotopic (exact) mass is 633 g/mol. The van der Waals surface area contributed by atoms with Gasteiger partial charge in [-0.05, 0) is 61.2 Å². The number of ether oxygens (including phenoxy) is 5. The molecule has 0 bridgehead atoms. The van der Waals surface area contributed by atoms with Crippen LogP contribution in [-0.2, 0) is 30.2 Å². The number of H-pyrrole nitrogens is 1. The van der Waals surface area contributed by atoms with Gasteiger partial charge >= 0.3 is 0 Å². The summed E-state index contributed by atoms with van der Waals surface area (Å²) in [6, 6.07) is 13.6. The number of hydrogen-bond acceptors (Lipinski definition) is 8. The SMILES string of the molecule is CCO[C@H]1OC(C(=O)NCCc2c[nH]c3ccc(OC)cc23)=C[C@@H](c2cn(C(C)=O)c3ccccc23)[C@H]1CCOCCOCCO. The molecule has 1 amide bonds. The van der Waals surface area contributed by atoms with Gasteiger partial charge in [0.25, 0.3) is 5.91 Å². The van der Waals surface area contributed by atoms with E-state index in [1.807, 2.05) is 67.9 Å². The standard InChI is InChI=1S/C35H43N3O8/c1-4-45-35-27(12-15-43-17-18-44-16-14-39)29(30-22-38(23(2)40)32-8-6-5-7-26(30)32)20-33(46-35)34(41)36-13-11-24-21-37-31-10-9-25(42-3)19-28(24)31/h5-10,19-22,27,29,35,37,39H,4,11-18H2,1-3H3,(H,36,41)/t27-,29-,35+/m1/s1. The molecule has 11 nitrogen and oxygen atoms in total. The fourth-order valence-corrected chi connectivity index (χ4v) is 6.02. The maximum atomic E-state index is 13.6. The number of amides is 1. The van der Waals surface area contributed by atoms with Crippen LogP contribution in [0.15, 0.2) is 66.7 Å². The molecule has 3 heterocycles. The summed E-state index contributed by atoms with van der Waals surface area (Å²) in [6.07, 6.45) is 6.13. The van der Waals surface area contributed by atoms with E-state index in [0.717, 1.165) is 38.7 Å². The number of rotatable bonds is 16. The summed E-state index contributed by atoms with van der Waals surface area (Å²) in [5.41, 5.74) is 3.78. The molecule has 0 fully saturated rings. The lowest BCUT2D eigenvalue weighted by molar-refractivity contribution is -0.168. The zero-order valence-corrected chi connectivity index (χ0v) is 26.6. The van der Waals surface area contributed by atoms with E-state index in [4.69, 9.17) is 28.8 Å². The Morgan fingerprint density at radius 2 is 1.87 bits per heavy atom. The van der Waals surface area contributed by atoms with Gasteiger partial charge in [0.05, 0.1) is 39.1 Å². The Labute approximate surface area is 268 Å². The Morgan fingerprint density at radius 3 is 2.63 bits per heavy atom. The maximum Gasteiger partial charge on any atom is 0.286 e. The van der Waals surface area contributed by atoms with Crippen molar-refractivity contribution in [1.29, 1.82) is 0 Å². The van der Waals surface area contributed by atoms with E-state index in [9.17, 15) is 9.59 Å². The van der Waals surface area contributed by atoms with Crippen LogP contribution < -0.4 is 10.1 Å². The van der Waals surface area contributed by atoms with Gasteiger partial charge in [-0.1, -0.05) is 18.2 Å². The van der Waals surface area contributed by atoms with Gasteiger partial charge in [-0.25, -0.2) is 0 Å². The van der Waals surface area contributed by atoms with Crippen LogP contribution in [0, 0.1) is 5.92 Å². The van der Waals surface area contributed by atoms with E-state index in [0.29, 0.717) is 45.8 Å². The van der Waals surface area contributed by atoms with Crippen LogP contribution in [0.3, 0.4) is 0 Å². The summed E-state index contributed by atoms with van der Waals surface area (Å²) < 4.78 is 30.5. The molecule has 0 unspecified atom stereocenters. The molecule has 0 saturated heterocycles. The van der Waals surface area contributed by atoms with Crippen molar-refractivity contribution in [3.05, 3.63) is 77.8 Å². The van der Waals surface area contributed by atoms with Gasteiger partial charge in [-0.3, -0.25) is 14.2 Å². The molecule has 3 atom stereocenters. The van der Waals surface area contributed by atoms with Gasteiger partial charge in [0.2, 0.25) is 12.2 Å². The molecule has 246 valence electrons. The second-order valence-electron chi connectivity index (χ2n) is 11.1. The highest BCUT2D eigenvalue weighted by Crippen LogP contribution is 2.42. The van der Waals surface area contributed by atoms with E-state index in [1.54, 1.807) is 11.7 Å². The number of aromatic amines is 1. The molecule has 4 aromatic rings. The van der Waals surface area contributed by atoms with Crippen molar-refractivity contribution in [3.63, 3.8) is 0 Å². The van der Waals surface area contributed by atoms with Crippen LogP contribution in [0.4, 0.5) is 0 Å². The van der Waals surface area contributed by atoms with Crippen LogP contribution in [0.2, 0.25) is 0 Å². The average molecular weight is 634 g/mol. The molecule has 11 heteroatoms. The molecule has 1 aliphatic rings. The maximum absolute atomic E-state index is 13.6. The van der Waals surface area contributed by atoms with Gasteiger partial charge in [0, 0.05) is 67.2 Å². The van der Waals surface area contributed by atoms with Gasteiger partial charge in [-0.15, -0.1) is 0 Å². The van der Waals surface area contributed by atoms with Crippen LogP contribution in [-0.4, -0.2) is 86.1 Å². The fraction of sp³-hybridized carbons (Fsp3) is 0.429. The van der Waals surface area contributed by atoms with Crippen molar-refractivity contribution in [2.24, 2.45) is 5.92 Å². The molecule has 0 saturated carbocycles. The summed E-state index contributed by atoms with van der Waals surface area (Å²) in [7, 11) is 1.64. The summed E-state index contributed by atoms with van der Waals surface area (Å²) in [6.45, 7) is 5.60. The second-order valence-corrected chi connectivity index (χ2v) is 11.1. The van der Waals surface area contributed by atoms with E-state index in [-0.39, 0.29) is 42.6 Å². The van der Waals surface area contributed by atoms with Crippen molar-refractivity contribution in [2.75, 3.05) is 53.3 Å². The number of methoxy groups -OCH3 is 1. The first kappa shape index (κ1) is 33.2. The second kappa shape index (κ2) is 15.9. The molecule has 1 aliphatic heterocycles. The first-order chi connectivity index (χ1) is 22.4. The number of para-hydroxylation sites is 1. The smallest absolute Gasteiger partial charge is 0.286 e. The lowest BCUT2D eigenvalue weighted by Crippen LogP contribution is -2.39. The van der Waals surface area contributed by atoms with Gasteiger partial charge in [-0.2, -0.15) is 0 Å². The number of carbonyl (C=O) groups excluding carboxylic acids is 2. The number of benzene rings is 2. The number of fused-ring (bicyclic) bond motifs is 2. The minimum Gasteiger partial charge on any atom is -0.497 e. The number of hydrogen-bond donors (Lipinski definition) is 3. The zero-order valence-electron chi connectivity index (χ0n) is 26.6. The van der Waals surface area contributed by atoms with E-state index in [2.05, 4.69) is 10.3 Å². The summed E-state index contributed by atoms with van der Waals surface area (Å²) in [5, 5.41) is 13.9. The zero-order chi connectivity index (χ0) is 32.5. The lowest BCUT2D eigenvalue weighted by atomic mass is 9.81. The first-order valence-electron chi connectivity index (χ1n) is 15.7. The third kappa shape index (κ3) is 7.61. The quantitative estimate of drug-likeness (QED) is 0.153. The highest BCUT2D eigenvalue weighted by Gasteiger charge is 2.39. The average Bonchev–Trinajstić information content (AvgIpc) is 3.66. The lowest BCUT2D eigenvalue weighted by Gasteiger charge is -2.36. The molecule has 2 aromatic heterocycles. The molecule has 5 rings (SSSR count). The van der Waals surface area contributed by atoms with E-state index in [1.165, 1.54) is 6.92 Å². The molecular formula is C35H43N3O8. The Hall–Kier alpha value is -4.16. The Kier molecular flexibility index (Phi) is 11.5. The van der Waals surface area contributed by atoms with Gasteiger partial charge in [0.15, 0.2) is 5.76 Å². The highest BCUT2D eigenvalue weighted by atomic mass is 16.7. The van der Waals surface area contributed by atoms with Gasteiger partial charge in [0.1, 0.15) is 5.75 Å². The molecule has 2 aromatic carbocycles. The summed E-state index contributed by atoms with van der Waals surface area (Å²) in [4.78, 5) is 29.5. The Bertz CT molecular complexity index is 1660. The van der Waals surface area contributed by atoms with Crippen LogP contribution in [0.25, 0.3) is 21.8 Å². The topological polar surface area (TPSA) is 133 Å². The number of nitrogens with zero attached hydrogens (tertiary/aromatic N) is 1. The minimum atomic E-state index is -0.712. The minimum absolute atomic E-state index is 0.0362. The third-order valence-corrected chi connectivity index (χ3v) is 8.24. The molecule has 0 radical (unpaired) electrons. The number of aliphatic hydroxyl groups is 1. The molecule has 0 spiro atoms. The summed E-state index contributed by atoms with van der Waals surface area (Å²) >= 11 is 0. The van der Waals surface area contributed by atoms with Crippen molar-refractivity contribution in [3.8, 4) is 5.75 Å². The van der Waals surface area contributed by atoms with Crippen LogP contribution in [0.5, 0.6) is 5.75 Å². The van der Waals surface area contributed by atoms with Crippen molar-refractivity contribution >= 4 is 33.6 Å². The van der Waals surface area contributed by atoms with Crippen molar-refractivity contribution < 1.29 is 38.4 Å². The number of allylic oxidation sites excluding steroid dienone is 1. The van der Waals surface area contributed by atoms with Crippen LogP contribution >= 0.6 is 0 Å². The number of aromatic nitrogens is 2. The van der Waals surface area contributed by atoms with Crippen LogP contribution in [0.1, 0.15) is 42.1 Å². The largest absolute Gasteiger partial charge is 0.497 e. The molecule has 46 heavy (non-hydrogen) atoms. The van der Waals surface area contributed by atoms with Gasteiger partial charge < -0.3 is 39.1 Å². The Balaban J connectivity index is 1.38. The number of aliphatic hydroxyl groups excluding tert-OH is 1. The predicted octanol–water partition coefficient (Wildman–Crippen LogP) is 4.54. The third-order valence-electron chi connectivity index (χ3n) is 8.24. The molecule has 0 aliphatic carbocycles. The predicted molar refractivity (Wildman–Crippen MR) is 174 cm³/mol. The fourth-order valence-electron chi connectivity index (χ4n) is 6.02. The first-order valence-corrected chi connectivity index (χ1v) is 15.7. The highest BCUT2D eigenvalue weighted by molar-refractivity contribution is 5.95. The Morgan fingerprint density at radius 1 is 1.07 bits per heavy atom. The van der Waals surface area contributed by atoms with E-state index >= 15 is 0 Å². The normalized spacial score (nSPS) is 18.0. The number of nitrogens with one attached hydrogen (secondary N) is 2. The molecular weight excluding hydrogens is 590 g/mol. The summed E-state index contributed by atoms with van der Waals surface area (Å²) in [5.74, 6) is 0.00771. The van der Waals surface area contributed by atoms with Crippen molar-refractivity contribution in [1.82, 2.24) is 14.9 Å². The van der Waals surface area contributed by atoms with E-state index < -0.39 is 6.29 Å².